The van der Waals surface area contributed by atoms with Crippen molar-refractivity contribution in [3.8, 4) is 11.5 Å². The van der Waals surface area contributed by atoms with Gasteiger partial charge < -0.3 is 34.8 Å². The highest BCUT2D eigenvalue weighted by atomic mass is 32.1. The van der Waals surface area contributed by atoms with Crippen molar-refractivity contribution in [3.63, 3.8) is 0 Å². The Labute approximate surface area is 241 Å². The van der Waals surface area contributed by atoms with Gasteiger partial charge in [0.15, 0.2) is 16.6 Å². The third-order valence-corrected chi connectivity index (χ3v) is 7.94. The second-order valence-electron chi connectivity index (χ2n) is 10.7. The van der Waals surface area contributed by atoms with Crippen LogP contribution in [0.2, 0.25) is 0 Å². The molecular weight excluding hydrogens is 522 g/mol. The molecule has 9 nitrogen and oxygen atoms in total. The van der Waals surface area contributed by atoms with E-state index in [1.807, 2.05) is 18.2 Å². The zero-order valence-electron chi connectivity index (χ0n) is 23.0. The first kappa shape index (κ1) is 26.4. The second-order valence-corrected chi connectivity index (χ2v) is 11.1. The molecule has 0 bridgehead atoms. The zero-order valence-corrected chi connectivity index (χ0v) is 23.8. The van der Waals surface area contributed by atoms with Crippen molar-refractivity contribution >= 4 is 40.6 Å². The standard InChI is InChI=1S/C30H37N7O2S/c1-22-6-5-11-37(21-22)28-19-27(36-14-12-35(13-15-36)24-7-3-2-4-8-24)32-29(33-28)34-30(40)31-20-23-9-10-25-26(18-23)39-17-16-38-25/h2-4,7-10,18-19,22H,5-6,11-17,20-21H2,1H3,(H2,31,32,33,34,40)/t22-/m0/s1. The number of rotatable bonds is 6. The number of benzene rings is 2. The molecule has 0 amide bonds. The predicted molar refractivity (Wildman–Crippen MR) is 164 cm³/mol. The SMILES string of the molecule is C[C@H]1CCCN(c2cc(N3CCN(c4ccccc4)CC3)nc(NC(=S)NCc3ccc4c(c3)OCCO4)n2)C1. The molecule has 0 aliphatic carbocycles. The third kappa shape index (κ3) is 6.33. The van der Waals surface area contributed by atoms with E-state index in [0.29, 0.717) is 36.7 Å². The van der Waals surface area contributed by atoms with Gasteiger partial charge in [-0.2, -0.15) is 9.97 Å². The van der Waals surface area contributed by atoms with Crippen molar-refractivity contribution in [1.82, 2.24) is 15.3 Å². The molecule has 2 aromatic carbocycles. The van der Waals surface area contributed by atoms with E-state index in [1.165, 1.54) is 18.5 Å². The molecule has 0 spiro atoms. The van der Waals surface area contributed by atoms with Crippen molar-refractivity contribution in [2.75, 3.05) is 72.5 Å². The number of hydrogen-bond acceptors (Lipinski definition) is 8. The summed E-state index contributed by atoms with van der Waals surface area (Å²) in [5.74, 6) is 4.62. The van der Waals surface area contributed by atoms with Gasteiger partial charge in [-0.05, 0) is 60.8 Å². The van der Waals surface area contributed by atoms with Crippen LogP contribution in [0, 0.1) is 5.92 Å². The van der Waals surface area contributed by atoms with Gasteiger partial charge in [-0.15, -0.1) is 0 Å². The summed E-state index contributed by atoms with van der Waals surface area (Å²) in [7, 11) is 0. The molecule has 2 fully saturated rings. The Hall–Kier alpha value is -3.79. The first-order valence-corrected chi connectivity index (χ1v) is 14.6. The third-order valence-electron chi connectivity index (χ3n) is 7.69. The molecule has 0 radical (unpaired) electrons. The smallest absolute Gasteiger partial charge is 0.232 e. The summed E-state index contributed by atoms with van der Waals surface area (Å²) < 4.78 is 11.3. The van der Waals surface area contributed by atoms with Crippen LogP contribution in [-0.2, 0) is 6.54 Å². The van der Waals surface area contributed by atoms with E-state index in [2.05, 4.69) is 68.7 Å². The van der Waals surface area contributed by atoms with Crippen LogP contribution in [0.15, 0.2) is 54.6 Å². The highest BCUT2D eigenvalue weighted by Gasteiger charge is 2.23. The topological polar surface area (TPSA) is 78.0 Å². The maximum absolute atomic E-state index is 5.71. The van der Waals surface area contributed by atoms with Gasteiger partial charge in [-0.1, -0.05) is 31.2 Å². The van der Waals surface area contributed by atoms with Gasteiger partial charge in [-0.25, -0.2) is 0 Å². The van der Waals surface area contributed by atoms with Gasteiger partial charge in [-0.3, -0.25) is 0 Å². The van der Waals surface area contributed by atoms with Crippen LogP contribution in [-0.4, -0.2) is 67.6 Å². The lowest BCUT2D eigenvalue weighted by molar-refractivity contribution is 0.171. The van der Waals surface area contributed by atoms with E-state index in [1.54, 1.807) is 0 Å². The van der Waals surface area contributed by atoms with E-state index < -0.39 is 0 Å². The summed E-state index contributed by atoms with van der Waals surface area (Å²) in [4.78, 5) is 17.0. The molecule has 1 aromatic heterocycles. The number of para-hydroxylation sites is 1. The van der Waals surface area contributed by atoms with Crippen molar-refractivity contribution in [2.45, 2.75) is 26.3 Å². The quantitative estimate of drug-likeness (QED) is 0.427. The molecule has 0 saturated carbocycles. The Bertz CT molecular complexity index is 1320. The minimum absolute atomic E-state index is 0.485. The number of piperazine rings is 1. The van der Waals surface area contributed by atoms with E-state index in [0.717, 1.165) is 68.0 Å². The number of ether oxygens (including phenoxy) is 2. The number of anilines is 4. The van der Waals surface area contributed by atoms with Gasteiger partial charge in [0, 0.05) is 57.6 Å². The summed E-state index contributed by atoms with van der Waals surface area (Å²) in [6.07, 6.45) is 2.43. The summed E-state index contributed by atoms with van der Waals surface area (Å²) in [6.45, 7) is 9.72. The number of thiocarbonyl (C=S) groups is 1. The van der Waals surface area contributed by atoms with Crippen LogP contribution in [0.25, 0.3) is 0 Å². The Balaban J connectivity index is 1.15. The number of hydrogen-bond donors (Lipinski definition) is 2. The molecule has 210 valence electrons. The number of nitrogens with zero attached hydrogens (tertiary/aromatic N) is 5. The molecule has 10 heteroatoms. The Morgan fingerprint density at radius 2 is 1.60 bits per heavy atom. The van der Waals surface area contributed by atoms with Crippen molar-refractivity contribution in [1.29, 1.82) is 0 Å². The van der Waals surface area contributed by atoms with Crippen LogP contribution in [0.4, 0.5) is 23.3 Å². The van der Waals surface area contributed by atoms with E-state index in [-0.39, 0.29) is 0 Å². The average molecular weight is 560 g/mol. The summed E-state index contributed by atoms with van der Waals surface area (Å²) in [5.41, 5.74) is 2.33. The molecule has 6 rings (SSSR count). The molecule has 40 heavy (non-hydrogen) atoms. The minimum Gasteiger partial charge on any atom is -0.486 e. The van der Waals surface area contributed by atoms with Gasteiger partial charge in [0.05, 0.1) is 0 Å². The number of fused-ring (bicyclic) bond motifs is 1. The van der Waals surface area contributed by atoms with Gasteiger partial charge in [0.2, 0.25) is 5.95 Å². The molecule has 2 saturated heterocycles. The molecular formula is C30H37N7O2S. The van der Waals surface area contributed by atoms with Crippen LogP contribution < -0.4 is 34.8 Å². The molecule has 1 atom stereocenters. The largest absolute Gasteiger partial charge is 0.486 e. The maximum Gasteiger partial charge on any atom is 0.232 e. The van der Waals surface area contributed by atoms with Gasteiger partial charge in [0.25, 0.3) is 0 Å². The first-order valence-electron chi connectivity index (χ1n) is 14.2. The molecule has 2 N–H and O–H groups in total. The van der Waals surface area contributed by atoms with Crippen LogP contribution in [0.5, 0.6) is 11.5 Å². The fourth-order valence-electron chi connectivity index (χ4n) is 5.56. The monoisotopic (exact) mass is 559 g/mol. The Morgan fingerprint density at radius 1 is 0.875 bits per heavy atom. The lowest BCUT2D eigenvalue weighted by atomic mass is 10.0. The summed E-state index contributed by atoms with van der Waals surface area (Å²) >= 11 is 5.65. The van der Waals surface area contributed by atoms with Crippen molar-refractivity contribution in [2.24, 2.45) is 5.92 Å². The summed E-state index contributed by atoms with van der Waals surface area (Å²) in [5, 5.41) is 7.04. The normalized spacial score (nSPS) is 18.8. The zero-order chi connectivity index (χ0) is 27.3. The maximum atomic E-state index is 5.71. The lowest BCUT2D eigenvalue weighted by Crippen LogP contribution is -2.47. The predicted octanol–water partition coefficient (Wildman–Crippen LogP) is 4.30. The molecule has 4 heterocycles. The molecule has 0 unspecified atom stereocenters. The molecule has 3 aliphatic heterocycles. The Kier molecular flexibility index (Phi) is 8.04. The number of piperidine rings is 1. The highest BCUT2D eigenvalue weighted by molar-refractivity contribution is 7.80. The van der Waals surface area contributed by atoms with Crippen LogP contribution in [0.1, 0.15) is 25.3 Å². The second kappa shape index (κ2) is 12.2. The molecule has 3 aliphatic rings. The Morgan fingerprint density at radius 3 is 2.38 bits per heavy atom. The number of nitrogens with one attached hydrogen (secondary N) is 2. The first-order chi connectivity index (χ1) is 19.6. The fraction of sp³-hybridized carbons (Fsp3) is 0.433. The van der Waals surface area contributed by atoms with E-state index >= 15 is 0 Å². The fourth-order valence-corrected chi connectivity index (χ4v) is 5.72. The van der Waals surface area contributed by atoms with E-state index in [4.69, 9.17) is 31.7 Å². The van der Waals surface area contributed by atoms with Gasteiger partial charge in [0.1, 0.15) is 24.8 Å². The van der Waals surface area contributed by atoms with E-state index in [9.17, 15) is 0 Å². The highest BCUT2D eigenvalue weighted by Crippen LogP contribution is 2.31. The van der Waals surface area contributed by atoms with Crippen molar-refractivity contribution < 1.29 is 9.47 Å². The summed E-state index contributed by atoms with van der Waals surface area (Å²) in [6, 6.07) is 18.7. The van der Waals surface area contributed by atoms with Crippen LogP contribution in [0.3, 0.4) is 0 Å². The molecule has 3 aromatic rings. The van der Waals surface area contributed by atoms with Gasteiger partial charge >= 0.3 is 0 Å². The number of aromatic nitrogens is 2. The minimum atomic E-state index is 0.485. The lowest BCUT2D eigenvalue weighted by Gasteiger charge is -2.37. The van der Waals surface area contributed by atoms with Crippen molar-refractivity contribution in [3.05, 3.63) is 60.2 Å². The average Bonchev–Trinajstić information content (AvgIpc) is 3.00. The van der Waals surface area contributed by atoms with Crippen LogP contribution >= 0.6 is 12.2 Å².